The van der Waals surface area contributed by atoms with Gasteiger partial charge in [-0.2, -0.15) is 0 Å². The molecule has 0 aliphatic carbocycles. The molecule has 0 aromatic heterocycles. The number of rotatable bonds is 7. The minimum absolute atomic E-state index is 0.0896. The standard InChI is InChI=1S/C16H16ClNO3S2/c17-12-7-5-11(6-8-12)10-13-15(21)18(16(22)23-13)9-3-1-2-4-14(19)20/h5-8,10H,1-4,9H2,(H,19,20). The zero-order valence-corrected chi connectivity index (χ0v) is 14.7. The Morgan fingerprint density at radius 3 is 2.61 bits per heavy atom. The molecule has 1 saturated heterocycles. The van der Waals surface area contributed by atoms with Crippen LogP contribution in [-0.2, 0) is 9.59 Å². The van der Waals surface area contributed by atoms with Gasteiger partial charge in [0.25, 0.3) is 5.91 Å². The van der Waals surface area contributed by atoms with Gasteiger partial charge in [-0.25, -0.2) is 0 Å². The van der Waals surface area contributed by atoms with Crippen molar-refractivity contribution in [1.29, 1.82) is 0 Å². The zero-order chi connectivity index (χ0) is 16.8. The summed E-state index contributed by atoms with van der Waals surface area (Å²) >= 11 is 12.4. The molecule has 0 bridgehead atoms. The van der Waals surface area contributed by atoms with Gasteiger partial charge in [0.15, 0.2) is 0 Å². The fraction of sp³-hybridized carbons (Fsp3) is 0.312. The number of halogens is 1. The highest BCUT2D eigenvalue weighted by Crippen LogP contribution is 2.32. The Morgan fingerprint density at radius 1 is 1.26 bits per heavy atom. The van der Waals surface area contributed by atoms with E-state index in [1.807, 2.05) is 12.1 Å². The fourth-order valence-corrected chi connectivity index (χ4v) is 3.56. The number of thiocarbonyl (C=S) groups is 1. The number of hydrogen-bond donors (Lipinski definition) is 1. The van der Waals surface area contributed by atoms with Crippen molar-refractivity contribution in [2.45, 2.75) is 25.7 Å². The number of nitrogens with zero attached hydrogens (tertiary/aromatic N) is 1. The summed E-state index contributed by atoms with van der Waals surface area (Å²) in [4.78, 5) is 25.0. The van der Waals surface area contributed by atoms with E-state index in [1.165, 1.54) is 11.8 Å². The van der Waals surface area contributed by atoms with Crippen LogP contribution in [0.3, 0.4) is 0 Å². The van der Waals surface area contributed by atoms with Crippen LogP contribution in [0.4, 0.5) is 0 Å². The first-order chi connectivity index (χ1) is 11.0. The van der Waals surface area contributed by atoms with Gasteiger partial charge in [-0.3, -0.25) is 14.5 Å². The topological polar surface area (TPSA) is 57.6 Å². The third-order valence-electron chi connectivity index (χ3n) is 3.31. The Kier molecular flexibility index (Phi) is 6.62. The Balaban J connectivity index is 1.91. The highest BCUT2D eigenvalue weighted by atomic mass is 35.5. The first-order valence-electron chi connectivity index (χ1n) is 7.20. The Hall–Kier alpha value is -1.37. The van der Waals surface area contributed by atoms with E-state index in [0.717, 1.165) is 18.4 Å². The predicted octanol–water partition coefficient (Wildman–Crippen LogP) is 4.19. The lowest BCUT2D eigenvalue weighted by Crippen LogP contribution is -2.29. The highest BCUT2D eigenvalue weighted by Gasteiger charge is 2.31. The summed E-state index contributed by atoms with van der Waals surface area (Å²) in [5, 5.41) is 9.25. The fourth-order valence-electron chi connectivity index (χ4n) is 2.13. The summed E-state index contributed by atoms with van der Waals surface area (Å²) in [7, 11) is 0. The maximum absolute atomic E-state index is 12.4. The van der Waals surface area contributed by atoms with Crippen LogP contribution in [0.2, 0.25) is 5.02 Å². The van der Waals surface area contributed by atoms with Gasteiger partial charge < -0.3 is 5.11 Å². The van der Waals surface area contributed by atoms with Gasteiger partial charge in [-0.05, 0) is 36.6 Å². The van der Waals surface area contributed by atoms with E-state index in [4.69, 9.17) is 28.9 Å². The van der Waals surface area contributed by atoms with Crippen molar-refractivity contribution < 1.29 is 14.7 Å². The van der Waals surface area contributed by atoms with E-state index < -0.39 is 5.97 Å². The van der Waals surface area contributed by atoms with Gasteiger partial charge in [0, 0.05) is 18.0 Å². The molecule has 122 valence electrons. The normalized spacial score (nSPS) is 16.4. The summed E-state index contributed by atoms with van der Waals surface area (Å²) in [6.45, 7) is 0.530. The summed E-state index contributed by atoms with van der Waals surface area (Å²) in [6, 6.07) is 7.24. The average Bonchev–Trinajstić information content (AvgIpc) is 2.76. The number of amides is 1. The lowest BCUT2D eigenvalue weighted by Gasteiger charge is -2.13. The molecular weight excluding hydrogens is 354 g/mol. The molecule has 1 aromatic carbocycles. The van der Waals surface area contributed by atoms with Crippen LogP contribution in [0, 0.1) is 0 Å². The summed E-state index contributed by atoms with van der Waals surface area (Å²) in [5.74, 6) is -0.880. The van der Waals surface area contributed by atoms with Crippen molar-refractivity contribution in [2.75, 3.05) is 6.54 Å². The van der Waals surface area contributed by atoms with Gasteiger partial charge in [0.05, 0.1) is 4.91 Å². The molecule has 1 aromatic rings. The number of thioether (sulfide) groups is 1. The molecule has 7 heteroatoms. The van der Waals surface area contributed by atoms with Crippen molar-refractivity contribution in [3.05, 3.63) is 39.8 Å². The first kappa shape index (κ1) is 18.0. The highest BCUT2D eigenvalue weighted by molar-refractivity contribution is 8.26. The monoisotopic (exact) mass is 369 g/mol. The molecule has 0 radical (unpaired) electrons. The van der Waals surface area contributed by atoms with Crippen LogP contribution in [0.25, 0.3) is 6.08 Å². The molecule has 1 fully saturated rings. The maximum atomic E-state index is 12.4. The van der Waals surface area contributed by atoms with E-state index in [9.17, 15) is 9.59 Å². The van der Waals surface area contributed by atoms with E-state index in [-0.39, 0.29) is 12.3 Å². The van der Waals surface area contributed by atoms with Crippen molar-refractivity contribution >= 4 is 57.9 Å². The molecule has 0 atom stereocenters. The van der Waals surface area contributed by atoms with E-state index in [1.54, 1.807) is 23.1 Å². The molecule has 1 aliphatic heterocycles. The van der Waals surface area contributed by atoms with E-state index in [2.05, 4.69) is 0 Å². The number of carbonyl (C=O) groups is 2. The lowest BCUT2D eigenvalue weighted by molar-refractivity contribution is -0.137. The molecule has 0 unspecified atom stereocenters. The predicted molar refractivity (Wildman–Crippen MR) is 97.4 cm³/mol. The third kappa shape index (κ3) is 5.34. The minimum Gasteiger partial charge on any atom is -0.481 e. The van der Waals surface area contributed by atoms with Gasteiger partial charge >= 0.3 is 5.97 Å². The smallest absolute Gasteiger partial charge is 0.303 e. The van der Waals surface area contributed by atoms with Crippen LogP contribution in [0.1, 0.15) is 31.2 Å². The second-order valence-electron chi connectivity index (χ2n) is 5.09. The quantitative estimate of drug-likeness (QED) is 0.443. The summed E-state index contributed by atoms with van der Waals surface area (Å²) < 4.78 is 0.549. The van der Waals surface area contributed by atoms with Crippen molar-refractivity contribution in [3.63, 3.8) is 0 Å². The average molecular weight is 370 g/mol. The maximum Gasteiger partial charge on any atom is 0.303 e. The SMILES string of the molecule is O=C(O)CCCCCN1C(=O)C(=Cc2ccc(Cl)cc2)SC1=S. The van der Waals surface area contributed by atoms with Crippen LogP contribution in [0.5, 0.6) is 0 Å². The second-order valence-corrected chi connectivity index (χ2v) is 7.20. The number of benzene rings is 1. The zero-order valence-electron chi connectivity index (χ0n) is 12.3. The molecule has 0 saturated carbocycles. The molecular formula is C16H16ClNO3S2. The van der Waals surface area contributed by atoms with Gasteiger partial charge in [0.2, 0.25) is 0 Å². The molecule has 23 heavy (non-hydrogen) atoms. The van der Waals surface area contributed by atoms with Crippen molar-refractivity contribution in [3.8, 4) is 0 Å². The Bertz CT molecular complexity index is 643. The van der Waals surface area contributed by atoms with Crippen LogP contribution in [-0.4, -0.2) is 32.7 Å². The van der Waals surface area contributed by atoms with E-state index >= 15 is 0 Å². The van der Waals surface area contributed by atoms with E-state index in [0.29, 0.717) is 27.2 Å². The second kappa shape index (κ2) is 8.47. The number of aliphatic carboxylic acids is 1. The number of hydrogen-bond acceptors (Lipinski definition) is 4. The number of carbonyl (C=O) groups excluding carboxylic acids is 1. The number of unbranched alkanes of at least 4 members (excludes halogenated alkanes) is 2. The number of carboxylic acids is 1. The summed E-state index contributed by atoms with van der Waals surface area (Å²) in [5.41, 5.74) is 0.899. The first-order valence-corrected chi connectivity index (χ1v) is 8.80. The minimum atomic E-state index is -0.790. The number of carboxylic acid groups (broad SMARTS) is 1. The molecule has 1 N–H and O–H groups in total. The van der Waals surface area contributed by atoms with Gasteiger partial charge in [-0.1, -0.05) is 54.1 Å². The Morgan fingerprint density at radius 2 is 1.96 bits per heavy atom. The Labute approximate surface area is 149 Å². The summed E-state index contributed by atoms with van der Waals surface area (Å²) in [6.07, 6.45) is 4.09. The van der Waals surface area contributed by atoms with Crippen LogP contribution < -0.4 is 0 Å². The molecule has 1 amide bonds. The third-order valence-corrected chi connectivity index (χ3v) is 4.94. The molecule has 1 heterocycles. The molecule has 0 spiro atoms. The molecule has 4 nitrogen and oxygen atoms in total. The molecule has 2 rings (SSSR count). The van der Waals surface area contributed by atoms with Crippen molar-refractivity contribution in [1.82, 2.24) is 4.90 Å². The van der Waals surface area contributed by atoms with Gasteiger partial charge in [0.1, 0.15) is 4.32 Å². The van der Waals surface area contributed by atoms with Crippen molar-refractivity contribution in [2.24, 2.45) is 0 Å². The van der Waals surface area contributed by atoms with Gasteiger partial charge in [-0.15, -0.1) is 0 Å². The van der Waals surface area contributed by atoms with Crippen LogP contribution in [0.15, 0.2) is 29.2 Å². The molecule has 1 aliphatic rings. The lowest BCUT2D eigenvalue weighted by atomic mass is 10.2. The van der Waals surface area contributed by atoms with Crippen LogP contribution >= 0.6 is 35.6 Å². The largest absolute Gasteiger partial charge is 0.481 e.